The van der Waals surface area contributed by atoms with Crippen molar-refractivity contribution in [2.75, 3.05) is 7.11 Å². The van der Waals surface area contributed by atoms with Gasteiger partial charge in [-0.15, -0.1) is 0 Å². The SMILES string of the molecule is COc1ccc(CN(C(=O)O)[C@H](CCC(=O)Cc2ccc([N+](=O)[O-])cc2)[C@H](O[Si](C)(C)C(C)(C)C)c2ccc(Cl)nc2)cc1. The largest absolute Gasteiger partial charge is 0.497 e. The highest BCUT2D eigenvalue weighted by Gasteiger charge is 2.43. The number of carbonyl (C=O) groups excluding carboxylic acids is 1. The summed E-state index contributed by atoms with van der Waals surface area (Å²) < 4.78 is 12.2. The number of carboxylic acid groups (broad SMARTS) is 1. The third kappa shape index (κ3) is 9.35. The smallest absolute Gasteiger partial charge is 0.407 e. The van der Waals surface area contributed by atoms with E-state index in [0.717, 1.165) is 5.56 Å². The van der Waals surface area contributed by atoms with E-state index in [4.69, 9.17) is 20.8 Å². The van der Waals surface area contributed by atoms with Crippen molar-refractivity contribution in [1.82, 2.24) is 9.88 Å². The van der Waals surface area contributed by atoms with Gasteiger partial charge in [-0.1, -0.05) is 62.7 Å². The number of nitrogens with zero attached hydrogens (tertiary/aromatic N) is 3. The zero-order chi connectivity index (χ0) is 32.7. The number of halogens is 1. The number of nitro groups is 1. The lowest BCUT2D eigenvalue weighted by atomic mass is 9.95. The van der Waals surface area contributed by atoms with Crippen LogP contribution in [-0.4, -0.2) is 53.3 Å². The van der Waals surface area contributed by atoms with Crippen LogP contribution in [0.1, 0.15) is 56.4 Å². The van der Waals surface area contributed by atoms with Crippen LogP contribution in [0.2, 0.25) is 23.3 Å². The maximum atomic E-state index is 13.2. The molecule has 1 aromatic heterocycles. The standard InChI is InChI=1S/C32H40ClN3O7Si/c1-32(2,3)44(5,6)43-30(24-11-18-29(33)34-20-24)28(35(31(38)39)21-23-9-15-27(42-4)16-10-23)17-14-26(37)19-22-7-12-25(13-8-22)36(40)41/h7-13,15-16,18,20,28,30H,14,17,19,21H2,1-6H3,(H,38,39)/t28-,30-/m1/s1. The molecule has 0 aliphatic carbocycles. The van der Waals surface area contributed by atoms with Crippen molar-refractivity contribution in [3.8, 4) is 5.75 Å². The van der Waals surface area contributed by atoms with Crippen LogP contribution in [0.4, 0.5) is 10.5 Å². The lowest BCUT2D eigenvalue weighted by Gasteiger charge is -2.43. The van der Waals surface area contributed by atoms with Crippen molar-refractivity contribution in [2.45, 2.75) is 76.9 Å². The summed E-state index contributed by atoms with van der Waals surface area (Å²) in [4.78, 5) is 42.3. The summed E-state index contributed by atoms with van der Waals surface area (Å²) in [5, 5.41) is 21.7. The highest BCUT2D eigenvalue weighted by atomic mass is 35.5. The van der Waals surface area contributed by atoms with E-state index in [0.29, 0.717) is 22.0 Å². The summed E-state index contributed by atoms with van der Waals surface area (Å²) >= 11 is 6.11. The minimum atomic E-state index is -2.48. The molecule has 44 heavy (non-hydrogen) atoms. The van der Waals surface area contributed by atoms with Gasteiger partial charge >= 0.3 is 6.09 Å². The molecule has 0 spiro atoms. The minimum Gasteiger partial charge on any atom is -0.497 e. The molecule has 1 heterocycles. The van der Waals surface area contributed by atoms with Crippen molar-refractivity contribution in [2.24, 2.45) is 0 Å². The van der Waals surface area contributed by atoms with Crippen molar-refractivity contribution in [3.05, 3.63) is 98.8 Å². The Hall–Kier alpha value is -3.80. The van der Waals surface area contributed by atoms with Gasteiger partial charge in [0.15, 0.2) is 8.32 Å². The van der Waals surface area contributed by atoms with Crippen LogP contribution in [0.15, 0.2) is 66.9 Å². The van der Waals surface area contributed by atoms with Gasteiger partial charge in [0.1, 0.15) is 16.7 Å². The van der Waals surface area contributed by atoms with Crippen molar-refractivity contribution in [1.29, 1.82) is 0 Å². The number of methoxy groups -OCH3 is 1. The zero-order valence-corrected chi connectivity index (χ0v) is 27.7. The van der Waals surface area contributed by atoms with Gasteiger partial charge in [-0.25, -0.2) is 9.78 Å². The van der Waals surface area contributed by atoms with Crippen LogP contribution in [0.5, 0.6) is 5.75 Å². The van der Waals surface area contributed by atoms with E-state index < -0.39 is 31.5 Å². The number of hydrogen-bond donors (Lipinski definition) is 1. The number of rotatable bonds is 14. The molecule has 0 aliphatic heterocycles. The average Bonchev–Trinajstić information content (AvgIpc) is 2.96. The highest BCUT2D eigenvalue weighted by molar-refractivity contribution is 6.74. The molecule has 0 unspecified atom stereocenters. The number of carbonyl (C=O) groups is 2. The van der Waals surface area contributed by atoms with Gasteiger partial charge in [0.25, 0.3) is 5.69 Å². The van der Waals surface area contributed by atoms with Gasteiger partial charge in [0, 0.05) is 43.3 Å². The molecular weight excluding hydrogens is 602 g/mol. The molecule has 12 heteroatoms. The van der Waals surface area contributed by atoms with Crippen molar-refractivity contribution >= 4 is 37.5 Å². The number of nitro benzene ring substituents is 1. The van der Waals surface area contributed by atoms with Crippen molar-refractivity contribution in [3.63, 3.8) is 0 Å². The van der Waals surface area contributed by atoms with E-state index in [9.17, 15) is 24.8 Å². The lowest BCUT2D eigenvalue weighted by molar-refractivity contribution is -0.384. The van der Waals surface area contributed by atoms with Gasteiger partial charge in [-0.2, -0.15) is 0 Å². The highest BCUT2D eigenvalue weighted by Crippen LogP contribution is 2.42. The van der Waals surface area contributed by atoms with Crippen molar-refractivity contribution < 1.29 is 28.8 Å². The molecule has 0 saturated carbocycles. The molecule has 0 aliphatic rings. The number of benzene rings is 2. The number of hydrogen-bond acceptors (Lipinski definition) is 7. The second-order valence-corrected chi connectivity index (χ2v) is 17.4. The van der Waals surface area contributed by atoms with Crippen LogP contribution in [0.25, 0.3) is 0 Å². The van der Waals surface area contributed by atoms with Gasteiger partial charge in [0.2, 0.25) is 0 Å². The Labute approximate surface area is 264 Å². The summed E-state index contributed by atoms with van der Waals surface area (Å²) in [6, 6.07) is 15.7. The van der Waals surface area contributed by atoms with E-state index in [1.807, 2.05) is 0 Å². The first-order valence-corrected chi connectivity index (χ1v) is 17.6. The van der Waals surface area contributed by atoms with Crippen LogP contribution >= 0.6 is 11.6 Å². The Bertz CT molecular complexity index is 1430. The number of pyridine rings is 1. The van der Waals surface area contributed by atoms with Crippen LogP contribution < -0.4 is 4.74 Å². The molecule has 3 rings (SSSR count). The topological polar surface area (TPSA) is 132 Å². The molecule has 2 aromatic carbocycles. The Morgan fingerprint density at radius 1 is 1.05 bits per heavy atom. The molecule has 0 radical (unpaired) electrons. The molecule has 1 N–H and O–H groups in total. The molecule has 236 valence electrons. The maximum absolute atomic E-state index is 13.2. The predicted molar refractivity (Wildman–Crippen MR) is 172 cm³/mol. The van der Waals surface area contributed by atoms with Gasteiger partial charge in [0.05, 0.1) is 24.2 Å². The molecule has 3 aromatic rings. The predicted octanol–water partition coefficient (Wildman–Crippen LogP) is 7.86. The fourth-order valence-electron chi connectivity index (χ4n) is 4.50. The third-order valence-corrected chi connectivity index (χ3v) is 12.8. The van der Waals surface area contributed by atoms with Crippen LogP contribution in [0.3, 0.4) is 0 Å². The summed E-state index contributed by atoms with van der Waals surface area (Å²) in [7, 11) is -0.920. The Morgan fingerprint density at radius 3 is 2.16 bits per heavy atom. The van der Waals surface area contributed by atoms with E-state index >= 15 is 0 Å². The Morgan fingerprint density at radius 2 is 1.66 bits per heavy atom. The molecule has 10 nitrogen and oxygen atoms in total. The maximum Gasteiger partial charge on any atom is 0.407 e. The van der Waals surface area contributed by atoms with E-state index in [1.54, 1.807) is 61.8 Å². The number of ether oxygens (including phenoxy) is 1. The van der Waals surface area contributed by atoms with Gasteiger partial charge in [-0.3, -0.25) is 19.8 Å². The Balaban J connectivity index is 2.01. The van der Waals surface area contributed by atoms with Crippen LogP contribution in [-0.2, 0) is 22.2 Å². The first kappa shape index (κ1) is 34.7. The molecular formula is C32H40ClN3O7Si. The molecule has 2 atom stereocenters. The number of non-ortho nitro benzene ring substituents is 1. The summed E-state index contributed by atoms with van der Waals surface area (Å²) in [6.45, 7) is 10.5. The van der Waals surface area contributed by atoms with E-state index in [-0.39, 0.29) is 42.3 Å². The number of Topliss-reactive ketones (excluding diaryl/α,β-unsaturated/α-hetero) is 1. The number of ketones is 1. The van der Waals surface area contributed by atoms with Gasteiger partial charge < -0.3 is 14.3 Å². The number of aromatic nitrogens is 1. The monoisotopic (exact) mass is 641 g/mol. The molecule has 0 saturated heterocycles. The van der Waals surface area contributed by atoms with Gasteiger partial charge in [-0.05, 0) is 53.9 Å². The number of amides is 1. The van der Waals surface area contributed by atoms with E-state index in [2.05, 4.69) is 38.8 Å². The summed E-state index contributed by atoms with van der Waals surface area (Å²) in [6.07, 6.45) is 0.00977. The average molecular weight is 642 g/mol. The molecule has 1 amide bonds. The van der Waals surface area contributed by atoms with E-state index in [1.165, 1.54) is 17.0 Å². The Kier molecular flexibility index (Phi) is 11.7. The first-order chi connectivity index (χ1) is 20.6. The lowest BCUT2D eigenvalue weighted by Crippen LogP contribution is -2.49. The molecule has 0 fully saturated rings. The summed E-state index contributed by atoms with van der Waals surface area (Å²) in [5.74, 6) is 0.523. The fraction of sp³-hybridized carbons (Fsp3) is 0.406. The first-order valence-electron chi connectivity index (χ1n) is 14.3. The second kappa shape index (κ2) is 14.8. The van der Waals surface area contributed by atoms with Crippen LogP contribution in [0, 0.1) is 10.1 Å². The zero-order valence-electron chi connectivity index (χ0n) is 26.0. The molecule has 0 bridgehead atoms. The third-order valence-electron chi connectivity index (χ3n) is 8.08. The fourth-order valence-corrected chi connectivity index (χ4v) is 5.90. The quantitative estimate of drug-likeness (QED) is 0.0814. The normalized spacial score (nSPS) is 13.2. The summed E-state index contributed by atoms with van der Waals surface area (Å²) in [5.41, 5.74) is 1.99. The second-order valence-electron chi connectivity index (χ2n) is 12.2. The minimum absolute atomic E-state index is 0.0545.